The van der Waals surface area contributed by atoms with Gasteiger partial charge in [-0.25, -0.2) is 0 Å². The van der Waals surface area contributed by atoms with Crippen molar-refractivity contribution < 1.29 is 9.90 Å². The number of carbonyl (C=O) groups is 1. The Hall–Kier alpha value is -2.10. The topological polar surface area (TPSA) is 86.1 Å². The fourth-order valence-electron chi connectivity index (χ4n) is 1.96. The average Bonchev–Trinajstić information content (AvgIpc) is 2.37. The zero-order valence-electron chi connectivity index (χ0n) is 9.78. The highest BCUT2D eigenvalue weighted by Gasteiger charge is 2.21. The lowest BCUT2D eigenvalue weighted by Gasteiger charge is -2.18. The maximum atomic E-state index is 11.7. The van der Waals surface area contributed by atoms with Crippen LogP contribution < -0.4 is 0 Å². The third kappa shape index (κ3) is 2.97. The largest absolute Gasteiger partial charge is 0.393 e. The number of rotatable bonds is 2. The van der Waals surface area contributed by atoms with Gasteiger partial charge in [0.15, 0.2) is 5.78 Å². The van der Waals surface area contributed by atoms with Crippen molar-refractivity contribution in [2.24, 2.45) is 5.11 Å². The van der Waals surface area contributed by atoms with Gasteiger partial charge in [-0.1, -0.05) is 29.4 Å². The summed E-state index contributed by atoms with van der Waals surface area (Å²) in [5.41, 5.74) is 10.3. The molecule has 1 unspecified atom stereocenters. The molecule has 5 nitrogen and oxygen atoms in total. The number of aliphatic hydroxyl groups excluding tert-OH is 1. The van der Waals surface area contributed by atoms with Crippen molar-refractivity contribution in [1.29, 1.82) is 0 Å². The Labute approximate surface area is 104 Å². The molecule has 92 valence electrons. The van der Waals surface area contributed by atoms with Crippen molar-refractivity contribution in [3.8, 4) is 0 Å². The summed E-state index contributed by atoms with van der Waals surface area (Å²) in [7, 11) is 0. The Morgan fingerprint density at radius 2 is 2.11 bits per heavy atom. The molecule has 1 aromatic rings. The summed E-state index contributed by atoms with van der Waals surface area (Å²) in [4.78, 5) is 14.4. The first kappa shape index (κ1) is 12.4. The molecule has 0 amide bonds. The molecule has 1 N–H and O–H groups in total. The van der Waals surface area contributed by atoms with E-state index >= 15 is 0 Å². The second-order valence-corrected chi connectivity index (χ2v) is 4.27. The molecule has 5 heteroatoms. The molecule has 18 heavy (non-hydrogen) atoms. The van der Waals surface area contributed by atoms with E-state index in [-0.39, 0.29) is 5.78 Å². The Kier molecular flexibility index (Phi) is 3.77. The van der Waals surface area contributed by atoms with Crippen molar-refractivity contribution in [2.75, 3.05) is 0 Å². The predicted octanol–water partition coefficient (Wildman–Crippen LogP) is 3.13. The average molecular weight is 243 g/mol. The molecular weight excluding hydrogens is 230 g/mol. The number of benzene rings is 1. The normalized spacial score (nSPS) is 21.7. The summed E-state index contributed by atoms with van der Waals surface area (Å²) in [6.45, 7) is 0. The number of aliphatic hydroxyl groups is 1. The summed E-state index contributed by atoms with van der Waals surface area (Å²) in [6, 6.07) is 6.95. The van der Waals surface area contributed by atoms with Gasteiger partial charge >= 0.3 is 0 Å². The minimum absolute atomic E-state index is 0.0967. The van der Waals surface area contributed by atoms with Gasteiger partial charge < -0.3 is 5.11 Å². The van der Waals surface area contributed by atoms with E-state index in [0.717, 1.165) is 5.56 Å². The van der Waals surface area contributed by atoms with Gasteiger partial charge in [-0.05, 0) is 29.2 Å². The van der Waals surface area contributed by atoms with Crippen LogP contribution in [0.25, 0.3) is 16.5 Å². The number of hydrogen-bond donors (Lipinski definition) is 1. The minimum Gasteiger partial charge on any atom is -0.393 e. The molecule has 1 fully saturated rings. The molecule has 1 aromatic carbocycles. The number of carbonyl (C=O) groups excluding carboxylic acids is 1. The summed E-state index contributed by atoms with van der Waals surface area (Å²) in [5, 5.41) is 13.0. The zero-order chi connectivity index (χ0) is 13.0. The number of azide groups is 1. The lowest BCUT2D eigenvalue weighted by atomic mass is 9.90. The van der Waals surface area contributed by atoms with E-state index in [1.54, 1.807) is 30.3 Å². The van der Waals surface area contributed by atoms with Crippen molar-refractivity contribution in [3.63, 3.8) is 0 Å². The molecule has 0 bridgehead atoms. The van der Waals surface area contributed by atoms with Crippen molar-refractivity contribution in [2.45, 2.75) is 25.4 Å². The summed E-state index contributed by atoms with van der Waals surface area (Å²) in [6.07, 6.45) is 2.73. The second-order valence-electron chi connectivity index (χ2n) is 4.27. The van der Waals surface area contributed by atoms with E-state index < -0.39 is 6.10 Å². The minimum atomic E-state index is -0.420. The highest BCUT2D eigenvalue weighted by molar-refractivity contribution is 6.00. The molecule has 0 aliphatic heterocycles. The zero-order valence-corrected chi connectivity index (χ0v) is 9.78. The lowest BCUT2D eigenvalue weighted by molar-refractivity contribution is -0.117. The summed E-state index contributed by atoms with van der Waals surface area (Å²) in [5.74, 6) is 0.0967. The first-order chi connectivity index (χ1) is 8.69. The smallest absolute Gasteiger partial charge is 0.159 e. The number of Topliss-reactive ketones (excluding diaryl/α,β-unsaturated/α-hetero) is 1. The van der Waals surface area contributed by atoms with Gasteiger partial charge in [0.05, 0.1) is 6.10 Å². The molecular formula is C13H13N3O2. The van der Waals surface area contributed by atoms with Crippen LogP contribution in [0.15, 0.2) is 35.0 Å². The van der Waals surface area contributed by atoms with Gasteiger partial charge in [0.1, 0.15) is 0 Å². The van der Waals surface area contributed by atoms with E-state index in [1.807, 2.05) is 0 Å². The molecule has 1 aliphatic carbocycles. The van der Waals surface area contributed by atoms with Crippen LogP contribution in [0.2, 0.25) is 0 Å². The van der Waals surface area contributed by atoms with Gasteiger partial charge in [0.2, 0.25) is 0 Å². The van der Waals surface area contributed by atoms with E-state index in [4.69, 9.17) is 5.53 Å². The van der Waals surface area contributed by atoms with Crippen molar-refractivity contribution in [3.05, 3.63) is 45.8 Å². The Morgan fingerprint density at radius 1 is 1.39 bits per heavy atom. The molecule has 0 radical (unpaired) electrons. The first-order valence-electron chi connectivity index (χ1n) is 5.76. The van der Waals surface area contributed by atoms with Crippen LogP contribution in [0, 0.1) is 0 Å². The van der Waals surface area contributed by atoms with Crippen LogP contribution in [-0.2, 0) is 4.79 Å². The predicted molar refractivity (Wildman–Crippen MR) is 68.1 cm³/mol. The molecule has 0 spiro atoms. The van der Waals surface area contributed by atoms with Gasteiger partial charge in [0, 0.05) is 23.4 Å². The maximum Gasteiger partial charge on any atom is 0.159 e. The van der Waals surface area contributed by atoms with Crippen LogP contribution >= 0.6 is 0 Å². The molecule has 0 saturated heterocycles. The molecule has 0 heterocycles. The SMILES string of the molecule is [N-]=[N+]=Nc1ccc(C=C2CC(O)CCC2=O)cc1. The van der Waals surface area contributed by atoms with Crippen molar-refractivity contribution in [1.82, 2.24) is 0 Å². The Morgan fingerprint density at radius 3 is 2.78 bits per heavy atom. The van der Waals surface area contributed by atoms with Crippen LogP contribution in [0.1, 0.15) is 24.8 Å². The third-order valence-electron chi connectivity index (χ3n) is 2.91. The van der Waals surface area contributed by atoms with Gasteiger partial charge in [0.25, 0.3) is 0 Å². The van der Waals surface area contributed by atoms with Crippen LogP contribution in [0.4, 0.5) is 5.69 Å². The van der Waals surface area contributed by atoms with Crippen LogP contribution in [-0.4, -0.2) is 17.0 Å². The van der Waals surface area contributed by atoms with E-state index in [1.165, 1.54) is 0 Å². The van der Waals surface area contributed by atoms with Crippen LogP contribution in [0.5, 0.6) is 0 Å². The van der Waals surface area contributed by atoms with E-state index in [2.05, 4.69) is 10.0 Å². The van der Waals surface area contributed by atoms with Gasteiger partial charge in [-0.3, -0.25) is 4.79 Å². The Bertz CT molecular complexity index is 528. The number of hydrogen-bond acceptors (Lipinski definition) is 3. The van der Waals surface area contributed by atoms with Crippen LogP contribution in [0.3, 0.4) is 0 Å². The number of nitrogens with zero attached hydrogens (tertiary/aromatic N) is 3. The highest BCUT2D eigenvalue weighted by atomic mass is 16.3. The first-order valence-corrected chi connectivity index (χ1v) is 5.76. The lowest BCUT2D eigenvalue weighted by Crippen LogP contribution is -2.20. The second kappa shape index (κ2) is 5.49. The number of ketones is 1. The third-order valence-corrected chi connectivity index (χ3v) is 2.91. The standard InChI is InChI=1S/C13H13N3O2/c14-16-15-11-3-1-9(2-4-11)7-10-8-12(17)5-6-13(10)18/h1-4,7,12,17H,5-6,8H2. The monoisotopic (exact) mass is 243 g/mol. The summed E-state index contributed by atoms with van der Waals surface area (Å²) >= 11 is 0. The fraction of sp³-hybridized carbons (Fsp3) is 0.308. The maximum absolute atomic E-state index is 11.7. The molecule has 0 aromatic heterocycles. The van der Waals surface area contributed by atoms with Gasteiger partial charge in [-0.2, -0.15) is 0 Å². The fourth-order valence-corrected chi connectivity index (χ4v) is 1.96. The van der Waals surface area contributed by atoms with E-state index in [0.29, 0.717) is 30.5 Å². The quantitative estimate of drug-likeness (QED) is 0.374. The molecule has 1 atom stereocenters. The highest BCUT2D eigenvalue weighted by Crippen LogP contribution is 2.23. The molecule has 1 saturated carbocycles. The molecule has 2 rings (SSSR count). The van der Waals surface area contributed by atoms with E-state index in [9.17, 15) is 9.90 Å². The summed E-state index contributed by atoms with van der Waals surface area (Å²) < 4.78 is 0. The van der Waals surface area contributed by atoms with Gasteiger partial charge in [-0.15, -0.1) is 0 Å². The Balaban J connectivity index is 2.21. The van der Waals surface area contributed by atoms with Crippen molar-refractivity contribution >= 4 is 17.5 Å². The molecule has 1 aliphatic rings.